The van der Waals surface area contributed by atoms with Crippen LogP contribution in [0.25, 0.3) is 0 Å². The van der Waals surface area contributed by atoms with Gasteiger partial charge in [-0.15, -0.1) is 11.3 Å². The Hall–Kier alpha value is -0.940. The van der Waals surface area contributed by atoms with Gasteiger partial charge in [0, 0.05) is 11.5 Å². The minimum atomic E-state index is -0.322. The smallest absolute Gasteiger partial charge is 0.358 e. The quantitative estimate of drug-likeness (QED) is 0.603. The summed E-state index contributed by atoms with van der Waals surface area (Å²) in [6.45, 7) is 6.83. The number of nitrogens with zero attached hydrogens (tertiary/aromatic N) is 1. The number of aryl methyl sites for hydroxylation is 1. The van der Waals surface area contributed by atoms with Gasteiger partial charge < -0.3 is 9.47 Å². The van der Waals surface area contributed by atoms with Crippen molar-refractivity contribution < 1.29 is 14.3 Å². The third-order valence-corrected chi connectivity index (χ3v) is 5.14. The number of esters is 1. The number of aromatic nitrogens is 1. The Labute approximate surface area is 130 Å². The van der Waals surface area contributed by atoms with Crippen molar-refractivity contribution >= 4 is 17.3 Å². The van der Waals surface area contributed by atoms with E-state index in [0.29, 0.717) is 18.9 Å². The van der Waals surface area contributed by atoms with E-state index in [0.717, 1.165) is 35.6 Å². The van der Waals surface area contributed by atoms with Crippen LogP contribution in [0.15, 0.2) is 0 Å². The lowest BCUT2D eigenvalue weighted by Gasteiger charge is -2.30. The molecule has 21 heavy (non-hydrogen) atoms. The van der Waals surface area contributed by atoms with Gasteiger partial charge in [0.05, 0.1) is 6.61 Å². The second-order valence-electron chi connectivity index (χ2n) is 5.49. The molecule has 0 N–H and O–H groups in total. The second-order valence-corrected chi connectivity index (χ2v) is 6.69. The van der Waals surface area contributed by atoms with Gasteiger partial charge in [0.2, 0.25) is 0 Å². The number of carbonyl (C=O) groups is 1. The van der Waals surface area contributed by atoms with Crippen molar-refractivity contribution in [1.82, 2.24) is 4.98 Å². The first-order chi connectivity index (χ1) is 10.1. The molecule has 2 rings (SSSR count). The Morgan fingerprint density at radius 1 is 1.19 bits per heavy atom. The summed E-state index contributed by atoms with van der Waals surface area (Å²) >= 11 is 1.59. The highest BCUT2D eigenvalue weighted by molar-refractivity contribution is 7.12. The Morgan fingerprint density at radius 3 is 2.43 bits per heavy atom. The predicted octanol–water partition coefficient (Wildman–Crippen LogP) is 4.21. The van der Waals surface area contributed by atoms with Crippen LogP contribution < -0.4 is 0 Å². The van der Waals surface area contributed by atoms with Crippen molar-refractivity contribution in [2.75, 3.05) is 13.2 Å². The zero-order chi connectivity index (χ0) is 15.3. The van der Waals surface area contributed by atoms with Crippen LogP contribution >= 0.6 is 11.3 Å². The van der Waals surface area contributed by atoms with E-state index < -0.39 is 0 Å². The van der Waals surface area contributed by atoms with Crippen molar-refractivity contribution in [3.63, 3.8) is 0 Å². The van der Waals surface area contributed by atoms with E-state index in [4.69, 9.17) is 9.47 Å². The molecule has 0 atom stereocenters. The van der Waals surface area contributed by atoms with Crippen molar-refractivity contribution in [3.05, 3.63) is 15.6 Å². The number of thiazole rings is 1. The zero-order valence-corrected chi connectivity index (χ0v) is 14.1. The van der Waals surface area contributed by atoms with E-state index in [9.17, 15) is 4.79 Å². The predicted molar refractivity (Wildman–Crippen MR) is 83.8 cm³/mol. The summed E-state index contributed by atoms with van der Waals surface area (Å²) in [7, 11) is 0. The van der Waals surface area contributed by atoms with Crippen LogP contribution in [0.5, 0.6) is 0 Å². The van der Waals surface area contributed by atoms with Crippen LogP contribution in [0.2, 0.25) is 0 Å². The Morgan fingerprint density at radius 2 is 1.86 bits per heavy atom. The van der Waals surface area contributed by atoms with Gasteiger partial charge in [0.1, 0.15) is 10.6 Å². The lowest BCUT2D eigenvalue weighted by Crippen LogP contribution is -2.29. The molecule has 1 fully saturated rings. The first kappa shape index (κ1) is 16.4. The number of hydrogen-bond acceptors (Lipinski definition) is 5. The maximum atomic E-state index is 12.0. The highest BCUT2D eigenvalue weighted by atomic mass is 32.1. The van der Waals surface area contributed by atoms with Crippen LogP contribution in [-0.2, 0) is 15.1 Å². The largest absolute Gasteiger partial charge is 0.461 e. The maximum Gasteiger partial charge on any atom is 0.358 e. The lowest BCUT2D eigenvalue weighted by molar-refractivity contribution is -0.0560. The van der Waals surface area contributed by atoms with Crippen LogP contribution in [0, 0.1) is 6.92 Å². The highest BCUT2D eigenvalue weighted by Gasteiger charge is 2.37. The molecule has 1 aromatic rings. The van der Waals surface area contributed by atoms with Crippen LogP contribution in [0.4, 0.5) is 0 Å². The van der Waals surface area contributed by atoms with E-state index in [1.54, 1.807) is 11.3 Å². The van der Waals surface area contributed by atoms with Crippen molar-refractivity contribution in [1.29, 1.82) is 0 Å². The Bertz CT molecular complexity index is 476. The molecule has 1 aromatic heterocycles. The summed E-state index contributed by atoms with van der Waals surface area (Å²) in [6.07, 6.45) is 6.82. The first-order valence-electron chi connectivity index (χ1n) is 7.92. The maximum absolute atomic E-state index is 12.0. The monoisotopic (exact) mass is 311 g/mol. The number of rotatable bonds is 5. The van der Waals surface area contributed by atoms with E-state index >= 15 is 0 Å². The van der Waals surface area contributed by atoms with Crippen molar-refractivity contribution in [3.8, 4) is 0 Å². The molecule has 118 valence electrons. The summed E-state index contributed by atoms with van der Waals surface area (Å²) < 4.78 is 11.2. The topological polar surface area (TPSA) is 48.4 Å². The molecule has 0 saturated heterocycles. The molecule has 0 radical (unpaired) electrons. The molecule has 1 aliphatic rings. The molecule has 1 heterocycles. The van der Waals surface area contributed by atoms with Gasteiger partial charge in [-0.3, -0.25) is 0 Å². The van der Waals surface area contributed by atoms with Crippen LogP contribution in [0.1, 0.15) is 72.7 Å². The molecule has 0 bridgehead atoms. The summed E-state index contributed by atoms with van der Waals surface area (Å²) in [5.41, 5.74) is 0.158. The van der Waals surface area contributed by atoms with Crippen LogP contribution in [0.3, 0.4) is 0 Å². The number of ether oxygens (including phenoxy) is 2. The van der Waals surface area contributed by atoms with Gasteiger partial charge in [-0.1, -0.05) is 25.7 Å². The van der Waals surface area contributed by atoms with Crippen molar-refractivity contribution in [2.45, 2.75) is 64.9 Å². The normalized spacial score (nSPS) is 18.2. The number of hydrogen-bond donors (Lipinski definition) is 0. The van der Waals surface area contributed by atoms with E-state index in [1.807, 2.05) is 20.8 Å². The Kier molecular flexibility index (Phi) is 5.76. The fourth-order valence-electron chi connectivity index (χ4n) is 2.98. The van der Waals surface area contributed by atoms with E-state index in [1.165, 1.54) is 12.8 Å². The first-order valence-corrected chi connectivity index (χ1v) is 8.73. The van der Waals surface area contributed by atoms with E-state index in [-0.39, 0.29) is 11.6 Å². The number of carbonyl (C=O) groups excluding carboxylic acids is 1. The molecule has 1 aliphatic carbocycles. The average molecular weight is 311 g/mol. The van der Waals surface area contributed by atoms with Gasteiger partial charge in [-0.25, -0.2) is 9.78 Å². The highest BCUT2D eigenvalue weighted by Crippen LogP contribution is 2.41. The molecular weight excluding hydrogens is 286 g/mol. The summed E-state index contributed by atoms with van der Waals surface area (Å²) in [5.74, 6) is -0.322. The van der Waals surface area contributed by atoms with E-state index in [2.05, 4.69) is 4.98 Å². The molecule has 4 nitrogen and oxygen atoms in total. The van der Waals surface area contributed by atoms with Gasteiger partial charge in [0.25, 0.3) is 0 Å². The summed E-state index contributed by atoms with van der Waals surface area (Å²) in [4.78, 5) is 17.5. The average Bonchev–Trinajstić information content (AvgIpc) is 2.70. The fourth-order valence-corrected chi connectivity index (χ4v) is 4.08. The van der Waals surface area contributed by atoms with Gasteiger partial charge in [0.15, 0.2) is 5.69 Å². The minimum Gasteiger partial charge on any atom is -0.461 e. The molecular formula is C16H25NO3S. The SMILES string of the molecule is CCOC(=O)c1nc(C2(OCC)CCCCCC2)sc1C. The molecule has 0 amide bonds. The molecule has 0 aliphatic heterocycles. The standard InChI is InChI=1S/C16H25NO3S/c1-4-19-14(18)13-12(3)21-15(17-13)16(20-5-2)10-8-6-7-9-11-16/h4-11H2,1-3H3. The lowest BCUT2D eigenvalue weighted by atomic mass is 9.95. The van der Waals surface area contributed by atoms with Gasteiger partial charge in [-0.05, 0) is 33.6 Å². The third kappa shape index (κ3) is 3.64. The van der Waals surface area contributed by atoms with Crippen molar-refractivity contribution in [2.24, 2.45) is 0 Å². The molecule has 0 unspecified atom stereocenters. The van der Waals surface area contributed by atoms with Crippen LogP contribution in [-0.4, -0.2) is 24.2 Å². The molecule has 5 heteroatoms. The molecule has 1 saturated carbocycles. The molecule has 0 spiro atoms. The fraction of sp³-hybridized carbons (Fsp3) is 0.750. The zero-order valence-electron chi connectivity index (χ0n) is 13.2. The van der Waals surface area contributed by atoms with Gasteiger partial charge in [-0.2, -0.15) is 0 Å². The van der Waals surface area contributed by atoms with Gasteiger partial charge >= 0.3 is 5.97 Å². The summed E-state index contributed by atoms with van der Waals surface area (Å²) in [5, 5.41) is 0.951. The third-order valence-electron chi connectivity index (χ3n) is 3.99. The second kappa shape index (κ2) is 7.36. The minimum absolute atomic E-state index is 0.300. The Balaban J connectivity index is 2.32. The molecule has 0 aromatic carbocycles. The summed E-state index contributed by atoms with van der Waals surface area (Å²) in [6, 6.07) is 0.